The van der Waals surface area contributed by atoms with E-state index in [1.165, 1.54) is 11.3 Å². The molecule has 1 aromatic carbocycles. The van der Waals surface area contributed by atoms with E-state index in [1.54, 1.807) is 12.4 Å². The lowest BCUT2D eigenvalue weighted by Gasteiger charge is -2.18. The number of rotatable bonds is 4. The van der Waals surface area contributed by atoms with Gasteiger partial charge in [-0.2, -0.15) is 5.10 Å². The molecule has 0 fully saturated rings. The van der Waals surface area contributed by atoms with Crippen LogP contribution >= 0.6 is 0 Å². The van der Waals surface area contributed by atoms with Crippen LogP contribution in [-0.2, 0) is 13.5 Å². The van der Waals surface area contributed by atoms with E-state index < -0.39 is 0 Å². The summed E-state index contributed by atoms with van der Waals surface area (Å²) in [4.78, 5) is 8.87. The maximum Gasteiger partial charge on any atom is 0.0934 e. The molecule has 0 aliphatic heterocycles. The number of aryl methyl sites for hydroxylation is 2. The van der Waals surface area contributed by atoms with Crippen LogP contribution in [0.15, 0.2) is 36.7 Å². The number of nitrogens with one attached hydrogen (secondary N) is 1. The molecule has 3 aromatic rings. The highest BCUT2D eigenvalue weighted by molar-refractivity contribution is 5.78. The van der Waals surface area contributed by atoms with Crippen molar-refractivity contribution in [1.29, 1.82) is 0 Å². The Hall–Kier alpha value is -2.27. The Labute approximate surface area is 124 Å². The van der Waals surface area contributed by atoms with Gasteiger partial charge in [-0.3, -0.25) is 14.6 Å². The van der Waals surface area contributed by atoms with E-state index in [0.29, 0.717) is 0 Å². The molecule has 1 unspecified atom stereocenters. The number of aromatic nitrogens is 4. The number of hydrogen-bond donors (Lipinski definition) is 1. The summed E-state index contributed by atoms with van der Waals surface area (Å²) in [7, 11) is 3.96. The van der Waals surface area contributed by atoms with Crippen molar-refractivity contribution in [3.05, 3.63) is 53.6 Å². The van der Waals surface area contributed by atoms with Crippen LogP contribution in [0.3, 0.4) is 0 Å². The first-order valence-corrected chi connectivity index (χ1v) is 7.05. The molecule has 0 amide bonds. The molecule has 5 nitrogen and oxygen atoms in total. The fourth-order valence-electron chi connectivity index (χ4n) is 2.73. The third-order valence-electron chi connectivity index (χ3n) is 3.77. The number of fused-ring (bicyclic) bond motifs is 1. The van der Waals surface area contributed by atoms with E-state index in [-0.39, 0.29) is 6.04 Å². The molecule has 1 N–H and O–H groups in total. The van der Waals surface area contributed by atoms with Gasteiger partial charge in [0.15, 0.2) is 0 Å². The SMILES string of the molecule is CNC(Cc1cc(C)nn1C)c1cccc2nccnc12. The Kier molecular flexibility index (Phi) is 3.66. The van der Waals surface area contributed by atoms with Gasteiger partial charge in [0.05, 0.1) is 16.7 Å². The highest BCUT2D eigenvalue weighted by Crippen LogP contribution is 2.24. The molecular weight excluding hydrogens is 262 g/mol. The van der Waals surface area contributed by atoms with Crippen molar-refractivity contribution in [3.8, 4) is 0 Å². The van der Waals surface area contributed by atoms with Crippen molar-refractivity contribution in [1.82, 2.24) is 25.1 Å². The van der Waals surface area contributed by atoms with E-state index in [2.05, 4.69) is 32.5 Å². The van der Waals surface area contributed by atoms with Crippen LogP contribution in [-0.4, -0.2) is 26.8 Å². The highest BCUT2D eigenvalue weighted by Gasteiger charge is 2.16. The maximum atomic E-state index is 4.49. The van der Waals surface area contributed by atoms with E-state index in [9.17, 15) is 0 Å². The van der Waals surface area contributed by atoms with E-state index in [0.717, 1.165) is 23.1 Å². The molecule has 0 spiro atoms. The van der Waals surface area contributed by atoms with Crippen LogP contribution in [0.5, 0.6) is 0 Å². The molecule has 0 bridgehead atoms. The normalized spacial score (nSPS) is 12.7. The minimum absolute atomic E-state index is 0.181. The third kappa shape index (κ3) is 2.64. The summed E-state index contributed by atoms with van der Waals surface area (Å²) in [5, 5.41) is 7.80. The van der Waals surface area contributed by atoms with Crippen LogP contribution in [0.25, 0.3) is 11.0 Å². The zero-order valence-electron chi connectivity index (χ0n) is 12.5. The molecule has 2 aromatic heterocycles. The molecule has 0 radical (unpaired) electrons. The standard InChI is InChI=1S/C16H19N5/c1-11-9-12(21(3)20-11)10-15(17-2)13-5-4-6-14-16(13)19-8-7-18-14/h4-9,15,17H,10H2,1-3H3. The van der Waals surface area contributed by atoms with E-state index >= 15 is 0 Å². The summed E-state index contributed by atoms with van der Waals surface area (Å²) in [5.74, 6) is 0. The summed E-state index contributed by atoms with van der Waals surface area (Å²) >= 11 is 0. The first-order valence-electron chi connectivity index (χ1n) is 7.05. The van der Waals surface area contributed by atoms with Crippen molar-refractivity contribution < 1.29 is 0 Å². The highest BCUT2D eigenvalue weighted by atomic mass is 15.3. The first-order chi connectivity index (χ1) is 10.2. The molecular formula is C16H19N5. The predicted molar refractivity (Wildman–Crippen MR) is 83.0 cm³/mol. The van der Waals surface area contributed by atoms with Crippen molar-refractivity contribution in [2.24, 2.45) is 7.05 Å². The van der Waals surface area contributed by atoms with Crippen LogP contribution in [0.2, 0.25) is 0 Å². The largest absolute Gasteiger partial charge is 0.313 e. The second-order valence-electron chi connectivity index (χ2n) is 5.22. The van der Waals surface area contributed by atoms with Gasteiger partial charge in [0, 0.05) is 37.6 Å². The smallest absolute Gasteiger partial charge is 0.0934 e. The van der Waals surface area contributed by atoms with Crippen LogP contribution in [0.4, 0.5) is 0 Å². The minimum atomic E-state index is 0.181. The molecule has 21 heavy (non-hydrogen) atoms. The molecule has 1 atom stereocenters. The Morgan fingerprint density at radius 1 is 1.24 bits per heavy atom. The summed E-state index contributed by atoms with van der Waals surface area (Å²) in [6.07, 6.45) is 4.33. The third-order valence-corrected chi connectivity index (χ3v) is 3.77. The maximum absolute atomic E-state index is 4.49. The van der Waals surface area contributed by atoms with Gasteiger partial charge >= 0.3 is 0 Å². The van der Waals surface area contributed by atoms with E-state index in [1.807, 2.05) is 37.8 Å². The summed E-state index contributed by atoms with van der Waals surface area (Å²) in [5.41, 5.74) is 5.30. The van der Waals surface area contributed by atoms with Crippen molar-refractivity contribution >= 4 is 11.0 Å². The Morgan fingerprint density at radius 2 is 2.05 bits per heavy atom. The average Bonchev–Trinajstić information content (AvgIpc) is 2.82. The van der Waals surface area contributed by atoms with Crippen molar-refractivity contribution in [3.63, 3.8) is 0 Å². The van der Waals surface area contributed by atoms with Gasteiger partial charge in [0.25, 0.3) is 0 Å². The number of para-hydroxylation sites is 1. The molecule has 108 valence electrons. The van der Waals surface area contributed by atoms with Gasteiger partial charge < -0.3 is 5.32 Å². The van der Waals surface area contributed by atoms with Gasteiger partial charge in [-0.25, -0.2) is 0 Å². The first kappa shape index (κ1) is 13.7. The second-order valence-corrected chi connectivity index (χ2v) is 5.22. The minimum Gasteiger partial charge on any atom is -0.313 e. The Bertz CT molecular complexity index is 757. The second kappa shape index (κ2) is 5.61. The van der Waals surface area contributed by atoms with Crippen LogP contribution in [0, 0.1) is 6.92 Å². The fourth-order valence-corrected chi connectivity index (χ4v) is 2.73. The van der Waals surface area contributed by atoms with Crippen molar-refractivity contribution in [2.75, 3.05) is 7.05 Å². The molecule has 0 saturated heterocycles. The van der Waals surface area contributed by atoms with Gasteiger partial charge in [0.1, 0.15) is 0 Å². The lowest BCUT2D eigenvalue weighted by Crippen LogP contribution is -2.20. The topological polar surface area (TPSA) is 55.6 Å². The zero-order chi connectivity index (χ0) is 14.8. The summed E-state index contributed by atoms with van der Waals surface area (Å²) < 4.78 is 1.94. The van der Waals surface area contributed by atoms with Gasteiger partial charge in [-0.1, -0.05) is 12.1 Å². The molecule has 0 saturated carbocycles. The molecule has 3 rings (SSSR count). The number of hydrogen-bond acceptors (Lipinski definition) is 4. The monoisotopic (exact) mass is 281 g/mol. The predicted octanol–water partition coefficient (Wildman–Crippen LogP) is 2.17. The quantitative estimate of drug-likeness (QED) is 0.796. The number of nitrogens with zero attached hydrogens (tertiary/aromatic N) is 4. The molecule has 0 aliphatic rings. The van der Waals surface area contributed by atoms with Crippen LogP contribution < -0.4 is 5.32 Å². The Balaban J connectivity index is 2.00. The van der Waals surface area contributed by atoms with Crippen LogP contribution in [0.1, 0.15) is 23.0 Å². The Morgan fingerprint density at radius 3 is 2.76 bits per heavy atom. The van der Waals surface area contributed by atoms with E-state index in [4.69, 9.17) is 0 Å². The summed E-state index contributed by atoms with van der Waals surface area (Å²) in [6, 6.07) is 8.45. The number of likely N-dealkylation sites (N-methyl/N-ethyl adjacent to an activating group) is 1. The molecule has 0 aliphatic carbocycles. The average molecular weight is 281 g/mol. The van der Waals surface area contributed by atoms with Gasteiger partial charge in [-0.05, 0) is 31.7 Å². The molecule has 2 heterocycles. The molecule has 5 heteroatoms. The zero-order valence-corrected chi connectivity index (χ0v) is 12.5. The number of benzene rings is 1. The lowest BCUT2D eigenvalue weighted by molar-refractivity contribution is 0.564. The van der Waals surface area contributed by atoms with Gasteiger partial charge in [0.2, 0.25) is 0 Å². The van der Waals surface area contributed by atoms with Gasteiger partial charge in [-0.15, -0.1) is 0 Å². The van der Waals surface area contributed by atoms with Crippen molar-refractivity contribution in [2.45, 2.75) is 19.4 Å². The lowest BCUT2D eigenvalue weighted by atomic mass is 10.00. The summed E-state index contributed by atoms with van der Waals surface area (Å²) in [6.45, 7) is 2.02. The fraction of sp³-hybridized carbons (Fsp3) is 0.312.